The van der Waals surface area contributed by atoms with Crippen molar-refractivity contribution in [3.8, 4) is 5.75 Å². The lowest BCUT2D eigenvalue weighted by Crippen LogP contribution is -2.20. The van der Waals surface area contributed by atoms with Crippen molar-refractivity contribution in [1.82, 2.24) is 5.43 Å². The molecular weight excluding hydrogens is 412 g/mol. The van der Waals surface area contributed by atoms with Gasteiger partial charge in [0.1, 0.15) is 5.75 Å². The Balaban J connectivity index is 2.17. The number of amides is 1. The number of nitrogens with one attached hydrogen (secondary N) is 1. The van der Waals surface area contributed by atoms with Crippen molar-refractivity contribution in [3.05, 3.63) is 62.5 Å². The van der Waals surface area contributed by atoms with Crippen LogP contribution in [0.2, 0.25) is 0 Å². The molecular formula is C16H14Br2N2O2. The number of nitrogens with zero attached hydrogens (tertiary/aromatic N) is 1. The zero-order valence-electron chi connectivity index (χ0n) is 12.1. The lowest BCUT2D eigenvalue weighted by atomic mass is 10.1. The SMILES string of the molecule is COc1ccc(Br)cc1C(=O)N/N=C(\C)c1ccc(Br)cc1. The second-order valence-electron chi connectivity index (χ2n) is 4.49. The molecule has 0 heterocycles. The second kappa shape index (κ2) is 7.56. The van der Waals surface area contributed by atoms with Gasteiger partial charge in [-0.05, 0) is 42.8 Å². The quantitative estimate of drug-likeness (QED) is 0.583. The zero-order chi connectivity index (χ0) is 16.1. The maximum atomic E-state index is 12.2. The Hall–Kier alpha value is -1.66. The maximum Gasteiger partial charge on any atom is 0.275 e. The molecule has 0 saturated heterocycles. The number of ether oxygens (including phenoxy) is 1. The first-order valence-electron chi connectivity index (χ1n) is 6.45. The van der Waals surface area contributed by atoms with E-state index >= 15 is 0 Å². The van der Waals surface area contributed by atoms with E-state index in [-0.39, 0.29) is 5.91 Å². The molecule has 0 fully saturated rings. The molecule has 6 heteroatoms. The van der Waals surface area contributed by atoms with E-state index in [1.165, 1.54) is 7.11 Å². The smallest absolute Gasteiger partial charge is 0.275 e. The molecule has 114 valence electrons. The summed E-state index contributed by atoms with van der Waals surface area (Å²) in [6.07, 6.45) is 0. The lowest BCUT2D eigenvalue weighted by Gasteiger charge is -2.08. The predicted molar refractivity (Wildman–Crippen MR) is 94.5 cm³/mol. The van der Waals surface area contributed by atoms with E-state index < -0.39 is 0 Å². The fourth-order valence-electron chi connectivity index (χ4n) is 1.81. The molecule has 1 N–H and O–H groups in total. The molecule has 0 bridgehead atoms. The van der Waals surface area contributed by atoms with Gasteiger partial charge < -0.3 is 4.74 Å². The Morgan fingerprint density at radius 3 is 2.36 bits per heavy atom. The van der Waals surface area contributed by atoms with Crippen molar-refractivity contribution in [2.75, 3.05) is 7.11 Å². The first-order chi connectivity index (χ1) is 10.5. The highest BCUT2D eigenvalue weighted by Gasteiger charge is 2.12. The van der Waals surface area contributed by atoms with Crippen molar-refractivity contribution in [2.24, 2.45) is 5.10 Å². The van der Waals surface area contributed by atoms with Gasteiger partial charge in [0.05, 0.1) is 18.4 Å². The summed E-state index contributed by atoms with van der Waals surface area (Å²) in [5, 5.41) is 4.14. The van der Waals surface area contributed by atoms with Gasteiger partial charge in [0.25, 0.3) is 5.91 Å². The average Bonchev–Trinajstić information content (AvgIpc) is 2.53. The number of methoxy groups -OCH3 is 1. The Morgan fingerprint density at radius 2 is 1.73 bits per heavy atom. The summed E-state index contributed by atoms with van der Waals surface area (Å²) in [5.74, 6) is 0.173. The molecule has 0 aromatic heterocycles. The van der Waals surface area contributed by atoms with E-state index in [1.807, 2.05) is 37.3 Å². The van der Waals surface area contributed by atoms with Gasteiger partial charge in [-0.1, -0.05) is 44.0 Å². The molecule has 2 aromatic rings. The summed E-state index contributed by atoms with van der Waals surface area (Å²) < 4.78 is 6.98. The van der Waals surface area contributed by atoms with Crippen molar-refractivity contribution >= 4 is 43.5 Å². The largest absolute Gasteiger partial charge is 0.496 e. The summed E-state index contributed by atoms with van der Waals surface area (Å²) in [4.78, 5) is 12.2. The summed E-state index contributed by atoms with van der Waals surface area (Å²) in [6, 6.07) is 12.9. The van der Waals surface area contributed by atoms with Gasteiger partial charge in [0.2, 0.25) is 0 Å². The van der Waals surface area contributed by atoms with E-state index in [1.54, 1.807) is 12.1 Å². The van der Waals surface area contributed by atoms with Crippen molar-refractivity contribution in [2.45, 2.75) is 6.92 Å². The number of hydrogen-bond acceptors (Lipinski definition) is 3. The number of benzene rings is 2. The molecule has 1 amide bonds. The van der Waals surface area contributed by atoms with Crippen LogP contribution in [0.25, 0.3) is 0 Å². The maximum absolute atomic E-state index is 12.2. The zero-order valence-corrected chi connectivity index (χ0v) is 15.2. The van der Waals surface area contributed by atoms with Crippen LogP contribution in [0.15, 0.2) is 56.5 Å². The Morgan fingerprint density at radius 1 is 1.09 bits per heavy atom. The Bertz CT molecular complexity index is 713. The van der Waals surface area contributed by atoms with Crippen LogP contribution in [0.5, 0.6) is 5.75 Å². The minimum Gasteiger partial charge on any atom is -0.496 e. The minimum absolute atomic E-state index is 0.324. The molecule has 0 aliphatic rings. The van der Waals surface area contributed by atoms with Gasteiger partial charge in [0, 0.05) is 8.95 Å². The van der Waals surface area contributed by atoms with Crippen LogP contribution in [-0.2, 0) is 0 Å². The molecule has 0 atom stereocenters. The molecule has 4 nitrogen and oxygen atoms in total. The third-order valence-electron chi connectivity index (χ3n) is 2.99. The molecule has 0 aliphatic carbocycles. The van der Waals surface area contributed by atoms with Crippen LogP contribution in [0.1, 0.15) is 22.8 Å². The second-order valence-corrected chi connectivity index (χ2v) is 6.32. The van der Waals surface area contributed by atoms with Gasteiger partial charge >= 0.3 is 0 Å². The number of hydrogen-bond donors (Lipinski definition) is 1. The van der Waals surface area contributed by atoms with Crippen molar-refractivity contribution in [1.29, 1.82) is 0 Å². The topological polar surface area (TPSA) is 50.7 Å². The monoisotopic (exact) mass is 424 g/mol. The molecule has 0 unspecified atom stereocenters. The van der Waals surface area contributed by atoms with Gasteiger partial charge in [-0.15, -0.1) is 0 Å². The van der Waals surface area contributed by atoms with Crippen LogP contribution in [0.3, 0.4) is 0 Å². The summed E-state index contributed by atoms with van der Waals surface area (Å²) >= 11 is 6.72. The van der Waals surface area contributed by atoms with Crippen LogP contribution in [0, 0.1) is 0 Å². The normalized spacial score (nSPS) is 11.2. The molecule has 22 heavy (non-hydrogen) atoms. The van der Waals surface area contributed by atoms with E-state index in [2.05, 4.69) is 42.4 Å². The summed E-state index contributed by atoms with van der Waals surface area (Å²) in [7, 11) is 1.52. The number of carbonyl (C=O) groups excluding carboxylic acids is 1. The molecule has 2 aromatic carbocycles. The Labute approximate surface area is 145 Å². The third-order valence-corrected chi connectivity index (χ3v) is 4.02. The first-order valence-corrected chi connectivity index (χ1v) is 8.04. The number of halogens is 2. The lowest BCUT2D eigenvalue weighted by molar-refractivity contribution is 0.0951. The molecule has 2 rings (SSSR count). The average molecular weight is 426 g/mol. The van der Waals surface area contributed by atoms with Crippen LogP contribution in [-0.4, -0.2) is 18.7 Å². The fourth-order valence-corrected chi connectivity index (χ4v) is 2.43. The van der Waals surface area contributed by atoms with E-state index in [0.717, 1.165) is 20.2 Å². The Kier molecular flexibility index (Phi) is 5.74. The molecule has 0 aliphatic heterocycles. The molecule has 0 spiro atoms. The van der Waals surface area contributed by atoms with Crippen LogP contribution >= 0.6 is 31.9 Å². The van der Waals surface area contributed by atoms with Gasteiger partial charge in [0.15, 0.2) is 0 Å². The molecule has 0 radical (unpaired) electrons. The molecule has 0 saturated carbocycles. The highest BCUT2D eigenvalue weighted by atomic mass is 79.9. The van der Waals surface area contributed by atoms with Crippen LogP contribution in [0.4, 0.5) is 0 Å². The third kappa shape index (κ3) is 4.18. The number of rotatable bonds is 4. The van der Waals surface area contributed by atoms with Crippen molar-refractivity contribution in [3.63, 3.8) is 0 Å². The number of carbonyl (C=O) groups is 1. The van der Waals surface area contributed by atoms with Gasteiger partial charge in [-0.2, -0.15) is 5.10 Å². The minimum atomic E-state index is -0.324. The van der Waals surface area contributed by atoms with Gasteiger partial charge in [-0.3, -0.25) is 4.79 Å². The fraction of sp³-hybridized carbons (Fsp3) is 0.125. The van der Waals surface area contributed by atoms with Crippen LogP contribution < -0.4 is 10.2 Å². The van der Waals surface area contributed by atoms with E-state index in [9.17, 15) is 4.79 Å². The highest BCUT2D eigenvalue weighted by Crippen LogP contribution is 2.22. The standard InChI is InChI=1S/C16H14Br2N2O2/c1-10(11-3-5-12(17)6-4-11)19-20-16(21)14-9-13(18)7-8-15(14)22-2/h3-9H,1-2H3,(H,20,21)/b19-10+. The highest BCUT2D eigenvalue weighted by molar-refractivity contribution is 9.10. The predicted octanol–water partition coefficient (Wildman–Crippen LogP) is 4.37. The van der Waals surface area contributed by atoms with Gasteiger partial charge in [-0.25, -0.2) is 5.43 Å². The van der Waals surface area contributed by atoms with Crippen molar-refractivity contribution < 1.29 is 9.53 Å². The van der Waals surface area contributed by atoms with E-state index in [0.29, 0.717) is 11.3 Å². The number of hydrazone groups is 1. The first kappa shape index (κ1) is 16.7. The summed E-state index contributed by atoms with van der Waals surface area (Å²) in [6.45, 7) is 1.83. The van der Waals surface area contributed by atoms with E-state index in [4.69, 9.17) is 4.74 Å². The summed E-state index contributed by atoms with van der Waals surface area (Å²) in [5.41, 5.74) is 4.62.